The van der Waals surface area contributed by atoms with E-state index in [4.69, 9.17) is 11.6 Å². The van der Waals surface area contributed by atoms with Crippen molar-refractivity contribution in [3.8, 4) is 0 Å². The van der Waals surface area contributed by atoms with Gasteiger partial charge in [-0.15, -0.1) is 0 Å². The third-order valence-electron chi connectivity index (χ3n) is 3.99. The summed E-state index contributed by atoms with van der Waals surface area (Å²) in [5.74, 6) is -0.187. The van der Waals surface area contributed by atoms with Crippen molar-refractivity contribution in [1.29, 1.82) is 0 Å². The van der Waals surface area contributed by atoms with Crippen LogP contribution in [0.15, 0.2) is 48.5 Å². The fraction of sp³-hybridized carbons (Fsp3) is 0.211. The zero-order chi connectivity index (χ0) is 16.2. The van der Waals surface area contributed by atoms with Crippen LogP contribution in [0.1, 0.15) is 16.7 Å². The monoisotopic (exact) mass is 326 g/mol. The number of carbonyl (C=O) groups is 1. The third kappa shape index (κ3) is 4.01. The van der Waals surface area contributed by atoms with Crippen molar-refractivity contribution in [2.75, 3.05) is 18.9 Å². The van der Waals surface area contributed by atoms with Crippen LogP contribution in [0.4, 0.5) is 5.69 Å². The van der Waals surface area contributed by atoms with E-state index in [-0.39, 0.29) is 5.91 Å². The molecule has 3 nitrogen and oxygen atoms in total. The highest BCUT2D eigenvalue weighted by atomic mass is 35.5. The van der Waals surface area contributed by atoms with Crippen LogP contribution in [0.5, 0.6) is 0 Å². The van der Waals surface area contributed by atoms with Crippen LogP contribution < -0.4 is 5.32 Å². The number of carbonyl (C=O) groups excluding carboxylic acids is 1. The van der Waals surface area contributed by atoms with E-state index in [0.29, 0.717) is 10.7 Å². The Hall–Kier alpha value is -2.10. The van der Waals surface area contributed by atoms with E-state index in [1.54, 1.807) is 12.1 Å². The standard InChI is InChI=1S/C19H19ClN2O/c1-22-11-10-15-8-6-14(12-16(15)13-22)7-9-19(23)21-18-5-3-2-4-17(18)20/h2-9,12H,10-11,13H2,1H3,(H,21,23). The number of para-hydroxylation sites is 1. The van der Waals surface area contributed by atoms with Gasteiger partial charge < -0.3 is 10.2 Å². The SMILES string of the molecule is CN1CCc2ccc(C=CC(=O)Nc3ccccc3Cl)cc2C1. The maximum Gasteiger partial charge on any atom is 0.248 e. The molecule has 0 aromatic heterocycles. The van der Waals surface area contributed by atoms with Crippen LogP contribution in [-0.2, 0) is 17.8 Å². The molecule has 0 fully saturated rings. The van der Waals surface area contributed by atoms with E-state index in [2.05, 4.69) is 35.5 Å². The fourth-order valence-electron chi connectivity index (χ4n) is 2.73. The minimum Gasteiger partial charge on any atom is -0.321 e. The zero-order valence-corrected chi connectivity index (χ0v) is 13.8. The number of nitrogens with one attached hydrogen (secondary N) is 1. The molecule has 0 aliphatic carbocycles. The van der Waals surface area contributed by atoms with E-state index in [0.717, 1.165) is 25.1 Å². The molecule has 1 N–H and O–H groups in total. The average molecular weight is 327 g/mol. The van der Waals surface area contributed by atoms with Crippen molar-refractivity contribution >= 4 is 29.3 Å². The van der Waals surface area contributed by atoms with Gasteiger partial charge in [0.25, 0.3) is 0 Å². The Morgan fingerprint density at radius 3 is 2.87 bits per heavy atom. The quantitative estimate of drug-likeness (QED) is 0.865. The molecule has 1 heterocycles. The van der Waals surface area contributed by atoms with E-state index in [1.807, 2.05) is 18.2 Å². The Morgan fingerprint density at radius 2 is 2.04 bits per heavy atom. The molecule has 0 bridgehead atoms. The van der Waals surface area contributed by atoms with Crippen molar-refractivity contribution in [3.63, 3.8) is 0 Å². The van der Waals surface area contributed by atoms with E-state index in [1.165, 1.54) is 17.2 Å². The molecule has 2 aromatic carbocycles. The summed E-state index contributed by atoms with van der Waals surface area (Å²) in [6, 6.07) is 13.6. The second kappa shape index (κ2) is 6.99. The highest BCUT2D eigenvalue weighted by Crippen LogP contribution is 2.21. The lowest BCUT2D eigenvalue weighted by Gasteiger charge is -2.25. The van der Waals surface area contributed by atoms with Gasteiger partial charge in [-0.05, 0) is 48.4 Å². The molecular formula is C19H19ClN2O. The summed E-state index contributed by atoms with van der Waals surface area (Å²) in [5.41, 5.74) is 4.40. The van der Waals surface area contributed by atoms with Gasteiger partial charge >= 0.3 is 0 Å². The molecule has 0 atom stereocenters. The first kappa shape index (κ1) is 15.8. The first-order valence-corrected chi connectivity index (χ1v) is 8.03. The van der Waals surface area contributed by atoms with Crippen LogP contribution in [0, 0.1) is 0 Å². The lowest BCUT2D eigenvalue weighted by molar-refractivity contribution is -0.111. The average Bonchev–Trinajstić information content (AvgIpc) is 2.54. The summed E-state index contributed by atoms with van der Waals surface area (Å²) >= 11 is 6.04. The molecule has 2 aromatic rings. The molecule has 0 saturated carbocycles. The summed E-state index contributed by atoms with van der Waals surface area (Å²) in [5, 5.41) is 3.32. The fourth-order valence-corrected chi connectivity index (χ4v) is 2.91. The molecule has 1 aliphatic rings. The van der Waals surface area contributed by atoms with Gasteiger partial charge in [0, 0.05) is 19.2 Å². The lowest BCUT2D eigenvalue weighted by Crippen LogP contribution is -2.26. The predicted octanol–water partition coefficient (Wildman–Crippen LogP) is 3.98. The van der Waals surface area contributed by atoms with E-state index in [9.17, 15) is 4.79 Å². The first-order chi connectivity index (χ1) is 11.1. The number of amides is 1. The van der Waals surface area contributed by atoms with Gasteiger partial charge in [0.2, 0.25) is 5.91 Å². The molecule has 0 unspecified atom stereocenters. The molecular weight excluding hydrogens is 308 g/mol. The highest BCUT2D eigenvalue weighted by Gasteiger charge is 2.12. The Bertz CT molecular complexity index is 755. The van der Waals surface area contributed by atoms with Gasteiger partial charge in [0.05, 0.1) is 10.7 Å². The maximum atomic E-state index is 12.0. The molecule has 0 saturated heterocycles. The Kier molecular flexibility index (Phi) is 4.79. The molecule has 0 radical (unpaired) electrons. The molecule has 1 amide bonds. The minimum absolute atomic E-state index is 0.187. The number of benzene rings is 2. The molecule has 23 heavy (non-hydrogen) atoms. The first-order valence-electron chi connectivity index (χ1n) is 7.66. The largest absolute Gasteiger partial charge is 0.321 e. The number of hydrogen-bond donors (Lipinski definition) is 1. The number of nitrogens with zero attached hydrogens (tertiary/aromatic N) is 1. The van der Waals surface area contributed by atoms with Crippen molar-refractivity contribution in [2.24, 2.45) is 0 Å². The molecule has 0 spiro atoms. The number of likely N-dealkylation sites (N-methyl/N-ethyl adjacent to an activating group) is 1. The molecule has 4 heteroatoms. The van der Waals surface area contributed by atoms with Gasteiger partial charge in [0.1, 0.15) is 0 Å². The zero-order valence-electron chi connectivity index (χ0n) is 13.1. The summed E-state index contributed by atoms with van der Waals surface area (Å²) in [6.45, 7) is 2.06. The van der Waals surface area contributed by atoms with E-state index >= 15 is 0 Å². The van der Waals surface area contributed by atoms with Crippen LogP contribution in [0.2, 0.25) is 5.02 Å². The summed E-state index contributed by atoms with van der Waals surface area (Å²) < 4.78 is 0. The highest BCUT2D eigenvalue weighted by molar-refractivity contribution is 6.33. The molecule has 1 aliphatic heterocycles. The van der Waals surface area contributed by atoms with Crippen molar-refractivity contribution in [1.82, 2.24) is 4.90 Å². The van der Waals surface area contributed by atoms with Crippen LogP contribution in [0.25, 0.3) is 6.08 Å². The van der Waals surface area contributed by atoms with Gasteiger partial charge in [-0.3, -0.25) is 4.79 Å². The van der Waals surface area contributed by atoms with Crippen molar-refractivity contribution < 1.29 is 4.79 Å². The van der Waals surface area contributed by atoms with E-state index < -0.39 is 0 Å². The summed E-state index contributed by atoms with van der Waals surface area (Å²) in [4.78, 5) is 14.3. The van der Waals surface area contributed by atoms with Gasteiger partial charge in [-0.2, -0.15) is 0 Å². The number of hydrogen-bond acceptors (Lipinski definition) is 2. The molecule has 118 valence electrons. The van der Waals surface area contributed by atoms with Crippen LogP contribution in [0.3, 0.4) is 0 Å². The summed E-state index contributed by atoms with van der Waals surface area (Å²) in [6.07, 6.45) is 4.46. The second-order valence-corrected chi connectivity index (χ2v) is 6.23. The Labute approximate surface area is 141 Å². The van der Waals surface area contributed by atoms with Gasteiger partial charge in [-0.25, -0.2) is 0 Å². The Morgan fingerprint density at radius 1 is 1.22 bits per heavy atom. The van der Waals surface area contributed by atoms with Gasteiger partial charge in [0.15, 0.2) is 0 Å². The number of rotatable bonds is 3. The minimum atomic E-state index is -0.187. The summed E-state index contributed by atoms with van der Waals surface area (Å²) in [7, 11) is 2.13. The maximum absolute atomic E-state index is 12.0. The number of halogens is 1. The van der Waals surface area contributed by atoms with Crippen molar-refractivity contribution in [2.45, 2.75) is 13.0 Å². The Balaban J connectivity index is 1.69. The number of fused-ring (bicyclic) bond motifs is 1. The van der Waals surface area contributed by atoms with Gasteiger partial charge in [-0.1, -0.05) is 41.9 Å². The second-order valence-electron chi connectivity index (χ2n) is 5.82. The lowest BCUT2D eigenvalue weighted by atomic mass is 9.97. The van der Waals surface area contributed by atoms with Crippen LogP contribution in [-0.4, -0.2) is 24.4 Å². The molecule has 3 rings (SSSR count). The number of anilines is 1. The topological polar surface area (TPSA) is 32.3 Å². The van der Waals surface area contributed by atoms with Crippen molar-refractivity contribution in [3.05, 3.63) is 70.3 Å². The third-order valence-corrected chi connectivity index (χ3v) is 4.32. The van der Waals surface area contributed by atoms with Crippen LogP contribution >= 0.6 is 11.6 Å². The smallest absolute Gasteiger partial charge is 0.248 e. The normalized spacial score (nSPS) is 14.7. The predicted molar refractivity (Wildman–Crippen MR) is 95.6 cm³/mol.